The van der Waals surface area contributed by atoms with E-state index < -0.39 is 5.82 Å². The van der Waals surface area contributed by atoms with Crippen molar-refractivity contribution < 1.29 is 14.2 Å². The molecular formula is C14H17FO2. The van der Waals surface area contributed by atoms with Gasteiger partial charge in [0.1, 0.15) is 18.2 Å². The second kappa shape index (κ2) is 6.93. The third kappa shape index (κ3) is 4.88. The first-order valence-corrected chi connectivity index (χ1v) is 5.65. The van der Waals surface area contributed by atoms with Crippen LogP contribution in [-0.4, -0.2) is 18.3 Å². The fourth-order valence-electron chi connectivity index (χ4n) is 1.23. The summed E-state index contributed by atoms with van der Waals surface area (Å²) in [7, 11) is 0. The van der Waals surface area contributed by atoms with Crippen LogP contribution in [0.15, 0.2) is 18.2 Å². The van der Waals surface area contributed by atoms with Crippen LogP contribution < -0.4 is 4.74 Å². The van der Waals surface area contributed by atoms with Crippen molar-refractivity contribution in [2.45, 2.75) is 20.3 Å². The predicted octanol–water partition coefficient (Wildman–Crippen LogP) is 2.59. The molecule has 0 fully saturated rings. The molecule has 0 unspecified atom stereocenters. The molecule has 0 aromatic heterocycles. The van der Waals surface area contributed by atoms with Crippen molar-refractivity contribution in [1.82, 2.24) is 0 Å². The Kier molecular flexibility index (Phi) is 5.51. The van der Waals surface area contributed by atoms with Crippen molar-refractivity contribution in [2.75, 3.05) is 13.2 Å². The smallest absolute Gasteiger partial charge is 0.142 e. The van der Waals surface area contributed by atoms with Crippen LogP contribution in [-0.2, 0) is 0 Å². The molecule has 0 radical (unpaired) electrons. The van der Waals surface area contributed by atoms with E-state index in [1.165, 1.54) is 6.07 Å². The van der Waals surface area contributed by atoms with E-state index >= 15 is 0 Å². The van der Waals surface area contributed by atoms with Gasteiger partial charge in [-0.3, -0.25) is 0 Å². The fourth-order valence-corrected chi connectivity index (χ4v) is 1.23. The molecule has 0 saturated heterocycles. The van der Waals surface area contributed by atoms with Gasteiger partial charge in [-0.25, -0.2) is 4.39 Å². The molecule has 1 N–H and O–H groups in total. The van der Waals surface area contributed by atoms with Crippen LogP contribution in [0.2, 0.25) is 0 Å². The Balaban J connectivity index is 2.62. The van der Waals surface area contributed by atoms with E-state index in [1.807, 2.05) is 0 Å². The summed E-state index contributed by atoms with van der Waals surface area (Å²) >= 11 is 0. The summed E-state index contributed by atoms with van der Waals surface area (Å²) in [4.78, 5) is 0. The van der Waals surface area contributed by atoms with Gasteiger partial charge in [0.05, 0.1) is 12.2 Å². The highest BCUT2D eigenvalue weighted by Gasteiger charge is 2.02. The number of halogens is 1. The summed E-state index contributed by atoms with van der Waals surface area (Å²) in [6.45, 7) is 4.53. The lowest BCUT2D eigenvalue weighted by molar-refractivity contribution is 0.288. The molecule has 0 aliphatic rings. The highest BCUT2D eigenvalue weighted by atomic mass is 19.1. The lowest BCUT2D eigenvalue weighted by Gasteiger charge is -2.08. The van der Waals surface area contributed by atoms with E-state index in [4.69, 9.17) is 9.84 Å². The molecule has 0 atom stereocenters. The quantitative estimate of drug-likeness (QED) is 0.814. The van der Waals surface area contributed by atoms with Crippen LogP contribution in [0.3, 0.4) is 0 Å². The first-order chi connectivity index (χ1) is 8.13. The minimum atomic E-state index is -0.423. The molecule has 0 saturated carbocycles. The number of benzene rings is 1. The third-order valence-corrected chi connectivity index (χ3v) is 2.21. The molecule has 0 aliphatic carbocycles. The number of hydrogen-bond donors (Lipinski definition) is 1. The Bertz CT molecular complexity index is 416. The van der Waals surface area contributed by atoms with E-state index in [-0.39, 0.29) is 12.2 Å². The molecule has 2 nitrogen and oxygen atoms in total. The maximum Gasteiger partial charge on any atom is 0.142 e. The lowest BCUT2D eigenvalue weighted by Crippen LogP contribution is -2.01. The molecule has 92 valence electrons. The van der Waals surface area contributed by atoms with E-state index in [0.717, 1.165) is 6.42 Å². The monoisotopic (exact) mass is 236 g/mol. The number of hydrogen-bond acceptors (Lipinski definition) is 2. The Morgan fingerprint density at radius 3 is 2.76 bits per heavy atom. The van der Waals surface area contributed by atoms with Gasteiger partial charge in [-0.05, 0) is 24.5 Å². The van der Waals surface area contributed by atoms with E-state index in [1.54, 1.807) is 12.1 Å². The Morgan fingerprint density at radius 2 is 2.18 bits per heavy atom. The van der Waals surface area contributed by atoms with Gasteiger partial charge in [-0.15, -0.1) is 0 Å². The van der Waals surface area contributed by atoms with Gasteiger partial charge in [0.25, 0.3) is 0 Å². The topological polar surface area (TPSA) is 29.5 Å². The molecule has 0 spiro atoms. The van der Waals surface area contributed by atoms with Crippen molar-refractivity contribution in [3.8, 4) is 17.6 Å². The Morgan fingerprint density at radius 1 is 1.41 bits per heavy atom. The summed E-state index contributed by atoms with van der Waals surface area (Å²) in [5.41, 5.74) is 0.273. The van der Waals surface area contributed by atoms with Crippen LogP contribution >= 0.6 is 0 Å². The van der Waals surface area contributed by atoms with Gasteiger partial charge in [-0.2, -0.15) is 0 Å². The highest BCUT2D eigenvalue weighted by molar-refractivity contribution is 5.39. The second-order valence-electron chi connectivity index (χ2n) is 4.13. The molecular weight excluding hydrogens is 219 g/mol. The third-order valence-electron chi connectivity index (χ3n) is 2.21. The highest BCUT2D eigenvalue weighted by Crippen LogP contribution is 2.16. The van der Waals surface area contributed by atoms with Gasteiger partial charge < -0.3 is 9.84 Å². The molecule has 17 heavy (non-hydrogen) atoms. The minimum Gasteiger partial charge on any atom is -0.493 e. The van der Waals surface area contributed by atoms with Crippen molar-refractivity contribution in [2.24, 2.45) is 5.92 Å². The van der Waals surface area contributed by atoms with Crippen molar-refractivity contribution in [3.05, 3.63) is 29.6 Å². The van der Waals surface area contributed by atoms with Crippen molar-refractivity contribution in [3.63, 3.8) is 0 Å². The maximum absolute atomic E-state index is 13.5. The summed E-state index contributed by atoms with van der Waals surface area (Å²) < 4.78 is 18.9. The maximum atomic E-state index is 13.5. The Hall–Kier alpha value is -1.53. The number of ether oxygens (including phenoxy) is 1. The van der Waals surface area contributed by atoms with Crippen LogP contribution in [0.1, 0.15) is 25.8 Å². The zero-order valence-electron chi connectivity index (χ0n) is 10.2. The van der Waals surface area contributed by atoms with Crippen LogP contribution in [0.5, 0.6) is 5.75 Å². The van der Waals surface area contributed by atoms with E-state index in [2.05, 4.69) is 25.7 Å². The van der Waals surface area contributed by atoms with Gasteiger partial charge in [0.15, 0.2) is 0 Å². The minimum absolute atomic E-state index is 0.272. The van der Waals surface area contributed by atoms with Crippen LogP contribution in [0, 0.1) is 23.6 Å². The molecule has 1 aromatic rings. The van der Waals surface area contributed by atoms with Crippen LogP contribution in [0.4, 0.5) is 4.39 Å². The van der Waals surface area contributed by atoms with E-state index in [9.17, 15) is 4.39 Å². The zero-order valence-corrected chi connectivity index (χ0v) is 10.2. The second-order valence-corrected chi connectivity index (χ2v) is 4.13. The summed E-state index contributed by atoms with van der Waals surface area (Å²) in [5.74, 6) is 5.59. The van der Waals surface area contributed by atoms with Gasteiger partial charge in [-0.1, -0.05) is 25.7 Å². The summed E-state index contributed by atoms with van der Waals surface area (Å²) in [6, 6.07) is 4.56. The van der Waals surface area contributed by atoms with Gasteiger partial charge >= 0.3 is 0 Å². The summed E-state index contributed by atoms with van der Waals surface area (Å²) in [5, 5.41) is 8.52. The van der Waals surface area contributed by atoms with Gasteiger partial charge in [0.2, 0.25) is 0 Å². The fraction of sp³-hybridized carbons (Fsp3) is 0.429. The number of rotatable bonds is 4. The first kappa shape index (κ1) is 13.5. The molecule has 0 bridgehead atoms. The SMILES string of the molecule is CC(C)CCOc1ccc(C#CCO)c(F)c1. The van der Waals surface area contributed by atoms with Crippen molar-refractivity contribution >= 4 is 0 Å². The number of aliphatic hydroxyl groups is 1. The first-order valence-electron chi connectivity index (χ1n) is 5.65. The largest absolute Gasteiger partial charge is 0.493 e. The standard InChI is InChI=1S/C14H17FO2/c1-11(2)7-9-17-13-6-5-12(4-3-8-16)14(15)10-13/h5-6,10-11,16H,7-9H2,1-2H3. The predicted molar refractivity (Wildman–Crippen MR) is 65.3 cm³/mol. The lowest BCUT2D eigenvalue weighted by atomic mass is 10.1. The van der Waals surface area contributed by atoms with Gasteiger partial charge in [0, 0.05) is 6.07 Å². The molecule has 0 amide bonds. The molecule has 1 aromatic carbocycles. The summed E-state index contributed by atoms with van der Waals surface area (Å²) in [6.07, 6.45) is 0.938. The molecule has 0 aliphatic heterocycles. The van der Waals surface area contributed by atoms with E-state index in [0.29, 0.717) is 18.3 Å². The Labute approximate surface area is 101 Å². The molecule has 0 heterocycles. The molecule has 3 heteroatoms. The van der Waals surface area contributed by atoms with Crippen LogP contribution in [0.25, 0.3) is 0 Å². The van der Waals surface area contributed by atoms with Crippen molar-refractivity contribution in [1.29, 1.82) is 0 Å². The number of aliphatic hydroxyl groups excluding tert-OH is 1. The zero-order chi connectivity index (χ0) is 12.7. The molecule has 1 rings (SSSR count). The average molecular weight is 236 g/mol. The average Bonchev–Trinajstić information content (AvgIpc) is 2.27. The normalized spacial score (nSPS) is 9.94.